The van der Waals surface area contributed by atoms with Gasteiger partial charge in [0.05, 0.1) is 13.7 Å². The third-order valence-corrected chi connectivity index (χ3v) is 5.18. The van der Waals surface area contributed by atoms with Crippen LogP contribution in [0, 0.1) is 0 Å². The molecular weight excluding hydrogens is 390 g/mol. The van der Waals surface area contributed by atoms with Gasteiger partial charge in [0.2, 0.25) is 0 Å². The molecule has 0 N–H and O–H groups in total. The molecule has 0 radical (unpaired) electrons. The number of anilines is 1. The summed E-state index contributed by atoms with van der Waals surface area (Å²) < 4.78 is 16.2. The van der Waals surface area contributed by atoms with Crippen molar-refractivity contribution in [1.29, 1.82) is 0 Å². The highest BCUT2D eigenvalue weighted by atomic mass is 16.5. The fourth-order valence-corrected chi connectivity index (χ4v) is 3.62. The van der Waals surface area contributed by atoms with Gasteiger partial charge in [-0.1, -0.05) is 31.2 Å². The number of esters is 1. The maximum Gasteiger partial charge on any atom is 0.333 e. The van der Waals surface area contributed by atoms with E-state index in [9.17, 15) is 4.79 Å². The number of carbonyl (C=O) groups is 1. The minimum atomic E-state index is -0.277. The number of methoxy groups -OCH3 is 1. The molecule has 0 saturated carbocycles. The Kier molecular flexibility index (Phi) is 8.30. The van der Waals surface area contributed by atoms with Crippen molar-refractivity contribution in [3.05, 3.63) is 66.3 Å². The summed E-state index contributed by atoms with van der Waals surface area (Å²) in [6, 6.07) is 14.4. The zero-order valence-corrected chi connectivity index (χ0v) is 18.4. The normalized spacial score (nSPS) is 13.1. The number of benzene rings is 2. The summed E-state index contributed by atoms with van der Waals surface area (Å²) in [5.74, 6) is 0.546. The second-order valence-corrected chi connectivity index (χ2v) is 7.40. The van der Waals surface area contributed by atoms with Crippen LogP contribution >= 0.6 is 0 Å². The number of nitrogens with zero attached hydrogens (tertiary/aromatic N) is 1. The van der Waals surface area contributed by atoms with Gasteiger partial charge in [-0.2, -0.15) is 0 Å². The van der Waals surface area contributed by atoms with Gasteiger partial charge in [-0.05, 0) is 59.9 Å². The van der Waals surface area contributed by atoms with E-state index in [1.165, 1.54) is 7.11 Å². The van der Waals surface area contributed by atoms with Gasteiger partial charge in [0.15, 0.2) is 0 Å². The minimum absolute atomic E-state index is 0.277. The Labute approximate surface area is 184 Å². The molecule has 0 fully saturated rings. The fourth-order valence-electron chi connectivity index (χ4n) is 3.62. The molecule has 0 amide bonds. The maximum atomic E-state index is 12.2. The molecule has 5 nitrogen and oxygen atoms in total. The standard InChI is InChI=1S/C26H31NO4/c1-4-13-27-14-12-22(26(28)29-3)19-23-18-21(8-11-25(23)27)20-6-9-24(10-7-20)31-17-16-30-15-5-2/h4,6-11,18-19H,1,5,12-17H2,2-3H3. The fraction of sp³-hybridized carbons (Fsp3) is 0.346. The number of rotatable bonds is 10. The van der Waals surface area contributed by atoms with Crippen molar-refractivity contribution in [2.75, 3.05) is 44.9 Å². The Morgan fingerprint density at radius 1 is 1.10 bits per heavy atom. The number of hydrogen-bond donors (Lipinski definition) is 0. The predicted octanol–water partition coefficient (Wildman–Crippen LogP) is 5.11. The largest absolute Gasteiger partial charge is 0.491 e. The van der Waals surface area contributed by atoms with Gasteiger partial charge < -0.3 is 19.1 Å². The average Bonchev–Trinajstić information content (AvgIpc) is 2.98. The molecule has 0 aromatic heterocycles. The average molecular weight is 422 g/mol. The molecular formula is C26H31NO4. The quantitative estimate of drug-likeness (QED) is 0.303. The van der Waals surface area contributed by atoms with Gasteiger partial charge >= 0.3 is 5.97 Å². The molecule has 5 heteroatoms. The zero-order valence-electron chi connectivity index (χ0n) is 18.4. The van der Waals surface area contributed by atoms with Crippen LogP contribution in [-0.2, 0) is 14.3 Å². The third kappa shape index (κ3) is 5.98. The molecule has 2 aromatic rings. The molecule has 0 bridgehead atoms. The summed E-state index contributed by atoms with van der Waals surface area (Å²) in [4.78, 5) is 14.4. The summed E-state index contributed by atoms with van der Waals surface area (Å²) in [7, 11) is 1.42. The summed E-state index contributed by atoms with van der Waals surface area (Å²) in [6.45, 7) is 9.32. The van der Waals surface area contributed by atoms with Crippen LogP contribution in [0.3, 0.4) is 0 Å². The van der Waals surface area contributed by atoms with Gasteiger partial charge in [0, 0.05) is 31.0 Å². The first-order valence-corrected chi connectivity index (χ1v) is 10.8. The summed E-state index contributed by atoms with van der Waals surface area (Å²) >= 11 is 0. The van der Waals surface area contributed by atoms with E-state index in [2.05, 4.69) is 36.6 Å². The van der Waals surface area contributed by atoms with Gasteiger partial charge in [-0.25, -0.2) is 4.79 Å². The molecule has 0 atom stereocenters. The van der Waals surface area contributed by atoms with E-state index in [1.54, 1.807) is 0 Å². The summed E-state index contributed by atoms with van der Waals surface area (Å²) in [5, 5.41) is 0. The molecule has 0 saturated heterocycles. The van der Waals surface area contributed by atoms with Crippen LogP contribution < -0.4 is 9.64 Å². The minimum Gasteiger partial charge on any atom is -0.491 e. The van der Waals surface area contributed by atoms with Crippen molar-refractivity contribution >= 4 is 17.7 Å². The predicted molar refractivity (Wildman–Crippen MR) is 126 cm³/mol. The molecule has 0 spiro atoms. The molecule has 1 heterocycles. The molecule has 164 valence electrons. The highest BCUT2D eigenvalue weighted by Crippen LogP contribution is 2.33. The molecule has 31 heavy (non-hydrogen) atoms. The number of ether oxygens (including phenoxy) is 3. The zero-order chi connectivity index (χ0) is 22.1. The van der Waals surface area contributed by atoms with Gasteiger partial charge in [0.25, 0.3) is 0 Å². The number of fused-ring (bicyclic) bond motifs is 1. The third-order valence-electron chi connectivity index (χ3n) is 5.18. The highest BCUT2D eigenvalue weighted by molar-refractivity contribution is 5.96. The van der Waals surface area contributed by atoms with Gasteiger partial charge in [-0.15, -0.1) is 6.58 Å². The topological polar surface area (TPSA) is 48.0 Å². The van der Waals surface area contributed by atoms with E-state index in [4.69, 9.17) is 14.2 Å². The number of carbonyl (C=O) groups excluding carboxylic acids is 1. The molecule has 3 rings (SSSR count). The molecule has 1 aliphatic rings. The summed E-state index contributed by atoms with van der Waals surface area (Å²) in [6.07, 6.45) is 5.48. The molecule has 1 aliphatic heterocycles. The maximum absolute atomic E-state index is 12.2. The Balaban J connectivity index is 1.80. The SMILES string of the molecule is C=CCN1CCC(C(=O)OC)=Cc2cc(-c3ccc(OCCOCCC)cc3)ccc21. The number of hydrogen-bond acceptors (Lipinski definition) is 5. The van der Waals surface area contributed by atoms with Crippen LogP contribution in [-0.4, -0.2) is 46.0 Å². The van der Waals surface area contributed by atoms with Crippen molar-refractivity contribution in [3.8, 4) is 16.9 Å². The van der Waals surface area contributed by atoms with E-state index < -0.39 is 0 Å². The van der Waals surface area contributed by atoms with Gasteiger partial charge in [0.1, 0.15) is 12.4 Å². The first-order chi connectivity index (χ1) is 15.2. The van der Waals surface area contributed by atoms with E-state index in [-0.39, 0.29) is 5.97 Å². The lowest BCUT2D eigenvalue weighted by molar-refractivity contribution is -0.136. The second kappa shape index (κ2) is 11.4. The van der Waals surface area contributed by atoms with Crippen LogP contribution in [0.5, 0.6) is 5.75 Å². The van der Waals surface area contributed by atoms with E-state index in [0.29, 0.717) is 25.2 Å². The highest BCUT2D eigenvalue weighted by Gasteiger charge is 2.19. The Hall–Kier alpha value is -3.05. The summed E-state index contributed by atoms with van der Waals surface area (Å²) in [5.41, 5.74) is 4.95. The van der Waals surface area contributed by atoms with Crippen molar-refractivity contribution in [1.82, 2.24) is 0 Å². The Bertz CT molecular complexity index is 918. The molecule has 0 aliphatic carbocycles. The van der Waals surface area contributed by atoms with Crippen LogP contribution in [0.2, 0.25) is 0 Å². The van der Waals surface area contributed by atoms with Crippen LogP contribution in [0.4, 0.5) is 5.69 Å². The van der Waals surface area contributed by atoms with Crippen molar-refractivity contribution < 1.29 is 19.0 Å². The Morgan fingerprint density at radius 2 is 1.87 bits per heavy atom. The van der Waals surface area contributed by atoms with Crippen molar-refractivity contribution in [2.24, 2.45) is 0 Å². The van der Waals surface area contributed by atoms with Crippen LogP contribution in [0.1, 0.15) is 25.3 Å². The molecule has 0 unspecified atom stereocenters. The van der Waals surface area contributed by atoms with Crippen LogP contribution in [0.25, 0.3) is 17.2 Å². The lowest BCUT2D eigenvalue weighted by Gasteiger charge is -2.23. The van der Waals surface area contributed by atoms with Crippen molar-refractivity contribution in [2.45, 2.75) is 19.8 Å². The van der Waals surface area contributed by atoms with Crippen molar-refractivity contribution in [3.63, 3.8) is 0 Å². The van der Waals surface area contributed by atoms with Gasteiger partial charge in [-0.3, -0.25) is 0 Å². The van der Waals surface area contributed by atoms with E-state index in [0.717, 1.165) is 54.2 Å². The van der Waals surface area contributed by atoms with E-state index in [1.807, 2.05) is 36.4 Å². The lowest BCUT2D eigenvalue weighted by atomic mass is 10.00. The van der Waals surface area contributed by atoms with E-state index >= 15 is 0 Å². The first-order valence-electron chi connectivity index (χ1n) is 10.8. The second-order valence-electron chi connectivity index (χ2n) is 7.40. The Morgan fingerprint density at radius 3 is 2.58 bits per heavy atom. The monoisotopic (exact) mass is 421 g/mol. The smallest absolute Gasteiger partial charge is 0.333 e. The van der Waals surface area contributed by atoms with Crippen LogP contribution in [0.15, 0.2) is 60.7 Å². The lowest BCUT2D eigenvalue weighted by Crippen LogP contribution is -2.25. The molecule has 2 aromatic carbocycles. The first kappa shape index (κ1) is 22.6.